The molecule has 16 nitrogen and oxygen atoms in total. The summed E-state index contributed by atoms with van der Waals surface area (Å²) < 4.78 is 59.3. The SMILES string of the molecule is CN1C(=O)N(c2ccc(C[C@H](NC(=O)c3cc(F)c(NS(=O)(=O)c4ccc(-n5cnnc5)cc4)cc3F)C(=O)O)nc2)C(=O)C2CCNCC21. The molecule has 2 fully saturated rings. The van der Waals surface area contributed by atoms with E-state index in [2.05, 4.69) is 25.8 Å². The van der Waals surface area contributed by atoms with Crippen molar-refractivity contribution >= 4 is 45.2 Å². The summed E-state index contributed by atoms with van der Waals surface area (Å²) >= 11 is 0. The number of benzene rings is 2. The smallest absolute Gasteiger partial charge is 0.331 e. The first-order valence-corrected chi connectivity index (χ1v) is 16.6. The highest BCUT2D eigenvalue weighted by Gasteiger charge is 2.46. The van der Waals surface area contributed by atoms with Crippen LogP contribution in [0.1, 0.15) is 22.5 Å². The van der Waals surface area contributed by atoms with Gasteiger partial charge in [0.2, 0.25) is 5.91 Å². The number of aliphatic carboxylic acids is 1. The van der Waals surface area contributed by atoms with Crippen LogP contribution in [-0.4, -0.2) is 94.2 Å². The van der Waals surface area contributed by atoms with Gasteiger partial charge in [0.05, 0.1) is 40.0 Å². The molecule has 0 bridgehead atoms. The molecule has 0 aliphatic carbocycles. The summed E-state index contributed by atoms with van der Waals surface area (Å²) in [6.07, 6.45) is 4.19. The highest BCUT2D eigenvalue weighted by atomic mass is 32.2. The summed E-state index contributed by atoms with van der Waals surface area (Å²) in [5.74, 6) is -6.18. The van der Waals surface area contributed by atoms with E-state index < -0.39 is 69.2 Å². The van der Waals surface area contributed by atoms with Crippen LogP contribution < -0.4 is 20.3 Å². The lowest BCUT2D eigenvalue weighted by Crippen LogP contribution is -2.65. The Morgan fingerprint density at radius 2 is 1.74 bits per heavy atom. The molecule has 3 atom stereocenters. The highest BCUT2D eigenvalue weighted by Crippen LogP contribution is 2.30. The molecule has 4 heterocycles. The zero-order valence-corrected chi connectivity index (χ0v) is 27.0. The van der Waals surface area contributed by atoms with Crippen molar-refractivity contribution in [1.82, 2.24) is 35.3 Å². The maximum absolute atomic E-state index is 15.1. The predicted molar refractivity (Wildman–Crippen MR) is 171 cm³/mol. The standard InChI is InChI=1S/C31H29F2N9O7S/c1-40-27-14-34-9-8-21(27)29(44)42(31(40)47)19-3-2-17(35-13-19)10-26(30(45)46)38-28(43)22-11-24(33)25(12-23(22)32)39-50(48,49)20-6-4-18(5-7-20)41-15-36-37-16-41/h2-7,11-13,15-16,21,26-27,34,39H,8-10,14H2,1H3,(H,38,43)(H,45,46)/t21?,26-,27?/m0/s1. The summed E-state index contributed by atoms with van der Waals surface area (Å²) in [7, 11) is -2.78. The van der Waals surface area contributed by atoms with E-state index >= 15 is 8.78 Å². The van der Waals surface area contributed by atoms with E-state index in [1.165, 1.54) is 64.7 Å². The average molecular weight is 710 g/mol. The molecular weight excluding hydrogens is 680 g/mol. The number of anilines is 2. The molecule has 2 aliphatic heterocycles. The van der Waals surface area contributed by atoms with Gasteiger partial charge in [0, 0.05) is 37.5 Å². The molecule has 19 heteroatoms. The lowest BCUT2D eigenvalue weighted by molar-refractivity contribution is -0.139. The number of urea groups is 1. The Labute approximate surface area is 283 Å². The fourth-order valence-electron chi connectivity index (χ4n) is 5.78. The zero-order chi connectivity index (χ0) is 35.7. The number of hydrogen-bond donors (Lipinski definition) is 4. The predicted octanol–water partition coefficient (Wildman–Crippen LogP) is 1.54. The van der Waals surface area contributed by atoms with Crippen molar-refractivity contribution < 1.29 is 41.5 Å². The van der Waals surface area contributed by atoms with Gasteiger partial charge in [-0.2, -0.15) is 0 Å². The van der Waals surface area contributed by atoms with Gasteiger partial charge in [-0.25, -0.2) is 31.7 Å². The number of amides is 4. The van der Waals surface area contributed by atoms with Crippen molar-refractivity contribution in [2.75, 3.05) is 29.8 Å². The number of pyridine rings is 1. The number of fused-ring (bicyclic) bond motifs is 1. The van der Waals surface area contributed by atoms with Gasteiger partial charge in [-0.15, -0.1) is 10.2 Å². The van der Waals surface area contributed by atoms with E-state index in [1.807, 2.05) is 4.72 Å². The van der Waals surface area contributed by atoms with Gasteiger partial charge in [0.15, 0.2) is 0 Å². The van der Waals surface area contributed by atoms with Crippen LogP contribution in [-0.2, 0) is 26.0 Å². The van der Waals surface area contributed by atoms with E-state index in [1.54, 1.807) is 7.05 Å². The largest absolute Gasteiger partial charge is 0.480 e. The number of likely N-dealkylation sites (N-methyl/N-ethyl adjacent to an activating group) is 1. The third-order valence-corrected chi connectivity index (χ3v) is 9.85. The van der Waals surface area contributed by atoms with Gasteiger partial charge in [-0.05, 0) is 55.4 Å². The van der Waals surface area contributed by atoms with Crippen molar-refractivity contribution in [3.8, 4) is 5.69 Å². The van der Waals surface area contributed by atoms with Crippen molar-refractivity contribution in [3.05, 3.63) is 90.3 Å². The van der Waals surface area contributed by atoms with Crippen LogP contribution in [0.5, 0.6) is 0 Å². The number of piperidine rings is 1. The number of carbonyl (C=O) groups is 4. The van der Waals surface area contributed by atoms with Crippen molar-refractivity contribution in [2.24, 2.45) is 5.92 Å². The quantitative estimate of drug-likeness (QED) is 0.186. The number of halogens is 2. The van der Waals surface area contributed by atoms with Crippen molar-refractivity contribution in [1.29, 1.82) is 0 Å². The molecule has 0 spiro atoms. The summed E-state index contributed by atoms with van der Waals surface area (Å²) in [5, 5.41) is 22.4. The minimum Gasteiger partial charge on any atom is -0.480 e. The van der Waals surface area contributed by atoms with E-state index in [9.17, 15) is 32.7 Å². The molecule has 260 valence electrons. The molecule has 2 aromatic carbocycles. The molecule has 0 saturated carbocycles. The van der Waals surface area contributed by atoms with E-state index in [0.717, 1.165) is 4.90 Å². The summed E-state index contributed by atoms with van der Waals surface area (Å²) in [6.45, 7) is 1.12. The van der Waals surface area contributed by atoms with E-state index in [-0.39, 0.29) is 28.2 Å². The van der Waals surface area contributed by atoms with Gasteiger partial charge in [0.25, 0.3) is 15.9 Å². The minimum absolute atomic E-state index is 0.151. The monoisotopic (exact) mass is 709 g/mol. The maximum Gasteiger partial charge on any atom is 0.331 e. The summed E-state index contributed by atoms with van der Waals surface area (Å²) in [4.78, 5) is 57.5. The first-order chi connectivity index (χ1) is 23.8. The zero-order valence-electron chi connectivity index (χ0n) is 26.2. The second kappa shape index (κ2) is 13.6. The first kappa shape index (κ1) is 34.1. The molecule has 2 aromatic heterocycles. The van der Waals surface area contributed by atoms with Crippen LogP contribution in [0.3, 0.4) is 0 Å². The molecular formula is C31H29F2N9O7S. The van der Waals surface area contributed by atoms with Gasteiger partial charge < -0.3 is 20.6 Å². The Hall–Kier alpha value is -5.82. The fraction of sp³-hybridized carbons (Fsp3) is 0.258. The van der Waals surface area contributed by atoms with Crippen LogP contribution in [0.4, 0.5) is 25.0 Å². The number of carboxylic acids is 1. The second-order valence-electron chi connectivity index (χ2n) is 11.6. The summed E-state index contributed by atoms with van der Waals surface area (Å²) in [5.41, 5.74) is -0.782. The number of sulfonamides is 1. The van der Waals surface area contributed by atoms with Crippen LogP contribution >= 0.6 is 0 Å². The number of imide groups is 1. The highest BCUT2D eigenvalue weighted by molar-refractivity contribution is 7.92. The average Bonchev–Trinajstić information content (AvgIpc) is 3.64. The number of aromatic nitrogens is 4. The minimum atomic E-state index is -4.39. The fourth-order valence-corrected chi connectivity index (χ4v) is 6.84. The lowest BCUT2D eigenvalue weighted by Gasteiger charge is -2.45. The molecule has 4 aromatic rings. The summed E-state index contributed by atoms with van der Waals surface area (Å²) in [6, 6.07) is 6.63. The second-order valence-corrected chi connectivity index (χ2v) is 13.3. The Kier molecular flexibility index (Phi) is 9.26. The van der Waals surface area contributed by atoms with Crippen LogP contribution in [0.2, 0.25) is 0 Å². The van der Waals surface area contributed by atoms with E-state index in [0.29, 0.717) is 37.3 Å². The molecule has 4 N–H and O–H groups in total. The molecule has 0 radical (unpaired) electrons. The molecule has 4 amide bonds. The topological polar surface area (TPSA) is 209 Å². The Morgan fingerprint density at radius 1 is 1.04 bits per heavy atom. The normalized spacial score (nSPS) is 18.4. The van der Waals surface area contributed by atoms with Gasteiger partial charge in [0.1, 0.15) is 30.3 Å². The Balaban J connectivity index is 1.12. The number of nitrogens with one attached hydrogen (secondary N) is 3. The molecule has 2 unspecified atom stereocenters. The third-order valence-electron chi connectivity index (χ3n) is 8.47. The number of nitrogens with zero attached hydrogens (tertiary/aromatic N) is 6. The number of hydrogen-bond acceptors (Lipinski definition) is 10. The van der Waals surface area contributed by atoms with Gasteiger partial charge >= 0.3 is 12.0 Å². The van der Waals surface area contributed by atoms with Crippen molar-refractivity contribution in [2.45, 2.75) is 29.8 Å². The van der Waals surface area contributed by atoms with Crippen LogP contribution in [0.15, 0.2) is 72.3 Å². The Morgan fingerprint density at radius 3 is 2.40 bits per heavy atom. The number of carboxylic acid groups (broad SMARTS) is 1. The van der Waals surface area contributed by atoms with Gasteiger partial charge in [-0.3, -0.25) is 23.9 Å². The molecule has 2 aliphatic rings. The van der Waals surface area contributed by atoms with E-state index in [4.69, 9.17) is 0 Å². The van der Waals surface area contributed by atoms with Crippen molar-refractivity contribution in [3.63, 3.8) is 0 Å². The molecule has 50 heavy (non-hydrogen) atoms. The van der Waals surface area contributed by atoms with Crippen LogP contribution in [0, 0.1) is 17.6 Å². The molecule has 6 rings (SSSR count). The lowest BCUT2D eigenvalue weighted by atomic mass is 9.88. The maximum atomic E-state index is 15.1. The van der Waals surface area contributed by atoms with Gasteiger partial charge in [-0.1, -0.05) is 0 Å². The third kappa shape index (κ3) is 6.72. The number of rotatable bonds is 10. The van der Waals surface area contributed by atoms with Crippen LogP contribution in [0.25, 0.3) is 5.69 Å². The first-order valence-electron chi connectivity index (χ1n) is 15.1. The number of carbonyl (C=O) groups excluding carboxylic acids is 3. The molecule has 2 saturated heterocycles. The Bertz CT molecular complexity index is 2060.